The first-order valence-corrected chi connectivity index (χ1v) is 8.83. The summed E-state index contributed by atoms with van der Waals surface area (Å²) in [5, 5.41) is 5.89. The molecule has 1 aromatic carbocycles. The minimum Gasteiger partial charge on any atom is -0.493 e. The zero-order valence-corrected chi connectivity index (χ0v) is 16.0. The van der Waals surface area contributed by atoms with Crippen LogP contribution < -0.4 is 20.1 Å². The molecule has 0 saturated carbocycles. The molecule has 1 aliphatic carbocycles. The Morgan fingerprint density at radius 2 is 1.96 bits per heavy atom. The predicted octanol–water partition coefficient (Wildman–Crippen LogP) is 3.44. The van der Waals surface area contributed by atoms with Gasteiger partial charge in [0.15, 0.2) is 11.5 Å². The molecule has 5 nitrogen and oxygen atoms in total. The van der Waals surface area contributed by atoms with Gasteiger partial charge in [0.1, 0.15) is 0 Å². The van der Waals surface area contributed by atoms with E-state index < -0.39 is 0 Å². The number of carbonyl (C=O) groups is 1. The Morgan fingerprint density at radius 1 is 1.19 bits per heavy atom. The Morgan fingerprint density at radius 3 is 2.65 bits per heavy atom. The van der Waals surface area contributed by atoms with Crippen molar-refractivity contribution in [1.29, 1.82) is 0 Å². The fraction of sp³-hybridized carbons (Fsp3) is 0.381. The van der Waals surface area contributed by atoms with E-state index in [1.54, 1.807) is 21.3 Å². The molecule has 0 radical (unpaired) electrons. The maximum atomic E-state index is 11.4. The van der Waals surface area contributed by atoms with E-state index in [2.05, 4.69) is 35.8 Å². The molecule has 1 aromatic rings. The van der Waals surface area contributed by atoms with Gasteiger partial charge in [0.2, 0.25) is 5.91 Å². The van der Waals surface area contributed by atoms with E-state index in [1.807, 2.05) is 18.2 Å². The normalized spacial score (nSPS) is 16.1. The van der Waals surface area contributed by atoms with Gasteiger partial charge in [0.05, 0.1) is 20.8 Å². The Balaban J connectivity index is 2.11. The van der Waals surface area contributed by atoms with Crippen molar-refractivity contribution >= 4 is 12.0 Å². The van der Waals surface area contributed by atoms with E-state index >= 15 is 0 Å². The second kappa shape index (κ2) is 9.70. The van der Waals surface area contributed by atoms with Gasteiger partial charge in [-0.25, -0.2) is 0 Å². The fourth-order valence-corrected chi connectivity index (χ4v) is 2.96. The number of rotatable bonds is 7. The number of ether oxygens (including phenoxy) is 2. The smallest absolute Gasteiger partial charge is 0.239 e. The topological polar surface area (TPSA) is 59.6 Å². The molecule has 0 spiro atoms. The van der Waals surface area contributed by atoms with Crippen LogP contribution in [0.25, 0.3) is 6.08 Å². The van der Waals surface area contributed by atoms with Crippen LogP contribution in [0, 0.1) is 0 Å². The number of amides is 1. The molecule has 0 aromatic heterocycles. The molecule has 0 unspecified atom stereocenters. The van der Waals surface area contributed by atoms with Crippen LogP contribution in [0.15, 0.2) is 47.2 Å². The number of likely N-dealkylation sites (N-methyl/N-ethyl adjacent to an activating group) is 1. The fourth-order valence-electron chi connectivity index (χ4n) is 2.96. The summed E-state index contributed by atoms with van der Waals surface area (Å²) in [6, 6.07) is 5.85. The van der Waals surface area contributed by atoms with Crippen molar-refractivity contribution in [3.8, 4) is 11.5 Å². The lowest BCUT2D eigenvalue weighted by atomic mass is 9.91. The second-order valence-corrected chi connectivity index (χ2v) is 6.15. The number of hydrogen-bond donors (Lipinski definition) is 2. The molecule has 5 heteroatoms. The van der Waals surface area contributed by atoms with Crippen molar-refractivity contribution in [2.24, 2.45) is 0 Å². The van der Waals surface area contributed by atoms with Crippen LogP contribution in [-0.2, 0) is 4.79 Å². The Hall–Kier alpha value is -2.69. The molecule has 0 fully saturated rings. The highest BCUT2D eigenvalue weighted by molar-refractivity contribution is 5.77. The first-order chi connectivity index (χ1) is 12.6. The summed E-state index contributed by atoms with van der Waals surface area (Å²) in [4.78, 5) is 11.4. The third kappa shape index (κ3) is 5.15. The van der Waals surface area contributed by atoms with Gasteiger partial charge in [-0.2, -0.15) is 0 Å². The second-order valence-electron chi connectivity index (χ2n) is 6.15. The highest BCUT2D eigenvalue weighted by Crippen LogP contribution is 2.29. The van der Waals surface area contributed by atoms with Gasteiger partial charge in [0, 0.05) is 12.7 Å². The van der Waals surface area contributed by atoms with Crippen molar-refractivity contribution in [3.63, 3.8) is 0 Å². The molecule has 0 heterocycles. The highest BCUT2D eigenvalue weighted by Gasteiger charge is 2.13. The Labute approximate surface area is 155 Å². The molecule has 140 valence electrons. The summed E-state index contributed by atoms with van der Waals surface area (Å²) in [6.07, 6.45) is 9.37. The summed E-state index contributed by atoms with van der Waals surface area (Å²) in [5.74, 6) is 1.44. The minimum absolute atomic E-state index is 0.00486. The molecule has 2 rings (SSSR count). The first kappa shape index (κ1) is 19.6. The van der Waals surface area contributed by atoms with E-state index in [0.29, 0.717) is 6.54 Å². The summed E-state index contributed by atoms with van der Waals surface area (Å²) < 4.78 is 10.6. The van der Waals surface area contributed by atoms with Gasteiger partial charge in [-0.3, -0.25) is 4.79 Å². The monoisotopic (exact) mass is 356 g/mol. The standard InChI is InChI=1S/C21H28N2O3/c1-15-17(9-6-10-18(15)23-14-21(24)22-2)8-5-7-16-11-12-19(25-3)20(13-16)26-4/h5,7-8,11-13,23H,6,9-10,14H2,1-4H3,(H,22,24)/b7-5+,17-8-. The average Bonchev–Trinajstić information content (AvgIpc) is 2.67. The van der Waals surface area contributed by atoms with Crippen LogP contribution in [0.4, 0.5) is 0 Å². The largest absolute Gasteiger partial charge is 0.493 e. The van der Waals surface area contributed by atoms with Crippen molar-refractivity contribution in [3.05, 3.63) is 52.8 Å². The van der Waals surface area contributed by atoms with Crippen LogP contribution in [-0.4, -0.2) is 33.7 Å². The SMILES string of the molecule is CNC(=O)CNC1=C(C)/C(=C\C=C\c2ccc(OC)c(OC)c2)CCC1. The molecule has 0 aliphatic heterocycles. The summed E-state index contributed by atoms with van der Waals surface area (Å²) in [7, 11) is 4.92. The van der Waals surface area contributed by atoms with Crippen molar-refractivity contribution in [1.82, 2.24) is 10.6 Å². The third-order valence-electron chi connectivity index (χ3n) is 4.54. The van der Waals surface area contributed by atoms with Crippen LogP contribution >= 0.6 is 0 Å². The molecule has 0 bridgehead atoms. The van der Waals surface area contributed by atoms with Crippen LogP contribution in [0.5, 0.6) is 11.5 Å². The van der Waals surface area contributed by atoms with Crippen LogP contribution in [0.2, 0.25) is 0 Å². The lowest BCUT2D eigenvalue weighted by Crippen LogP contribution is -2.32. The van der Waals surface area contributed by atoms with Gasteiger partial charge in [-0.05, 0) is 55.0 Å². The number of nitrogens with one attached hydrogen (secondary N) is 2. The van der Waals surface area contributed by atoms with Gasteiger partial charge in [0.25, 0.3) is 0 Å². The predicted molar refractivity (Wildman–Crippen MR) is 105 cm³/mol. The molecule has 1 amide bonds. The minimum atomic E-state index is -0.00486. The van der Waals surface area contributed by atoms with Crippen molar-refractivity contribution < 1.29 is 14.3 Å². The van der Waals surface area contributed by atoms with E-state index in [0.717, 1.165) is 42.0 Å². The van der Waals surface area contributed by atoms with E-state index in [4.69, 9.17) is 9.47 Å². The highest BCUT2D eigenvalue weighted by atomic mass is 16.5. The maximum absolute atomic E-state index is 11.4. The quantitative estimate of drug-likeness (QED) is 0.786. The molecule has 1 aliphatic rings. The number of carbonyl (C=O) groups excluding carboxylic acids is 1. The zero-order chi connectivity index (χ0) is 18.9. The molecular formula is C21H28N2O3. The third-order valence-corrected chi connectivity index (χ3v) is 4.54. The van der Waals surface area contributed by atoms with Crippen molar-refractivity contribution in [2.45, 2.75) is 26.2 Å². The molecule has 0 saturated heterocycles. The molecule has 2 N–H and O–H groups in total. The van der Waals surface area contributed by atoms with E-state index in [-0.39, 0.29) is 5.91 Å². The van der Waals surface area contributed by atoms with E-state index in [9.17, 15) is 4.79 Å². The van der Waals surface area contributed by atoms with Crippen molar-refractivity contribution in [2.75, 3.05) is 27.8 Å². The molecular weight excluding hydrogens is 328 g/mol. The van der Waals surface area contributed by atoms with Crippen LogP contribution in [0.1, 0.15) is 31.7 Å². The lowest BCUT2D eigenvalue weighted by Gasteiger charge is -2.21. The number of allylic oxidation sites excluding steroid dienone is 5. The van der Waals surface area contributed by atoms with E-state index in [1.165, 1.54) is 11.1 Å². The first-order valence-electron chi connectivity index (χ1n) is 8.83. The molecule has 0 atom stereocenters. The molecule has 26 heavy (non-hydrogen) atoms. The number of benzene rings is 1. The van der Waals surface area contributed by atoms with Gasteiger partial charge in [-0.1, -0.05) is 24.3 Å². The number of methoxy groups -OCH3 is 2. The Bertz CT molecular complexity index is 733. The summed E-state index contributed by atoms with van der Waals surface area (Å²) in [6.45, 7) is 2.43. The van der Waals surface area contributed by atoms with Gasteiger partial charge < -0.3 is 20.1 Å². The maximum Gasteiger partial charge on any atom is 0.239 e. The summed E-state index contributed by atoms with van der Waals surface area (Å²) >= 11 is 0. The lowest BCUT2D eigenvalue weighted by molar-refractivity contribution is -0.119. The number of hydrogen-bond acceptors (Lipinski definition) is 4. The summed E-state index contributed by atoms with van der Waals surface area (Å²) in [5.41, 5.74) is 4.74. The Kier molecular flexibility index (Phi) is 7.33. The average molecular weight is 356 g/mol. The van der Waals surface area contributed by atoms with Gasteiger partial charge >= 0.3 is 0 Å². The van der Waals surface area contributed by atoms with Gasteiger partial charge in [-0.15, -0.1) is 0 Å². The van der Waals surface area contributed by atoms with Crippen LogP contribution in [0.3, 0.4) is 0 Å². The zero-order valence-electron chi connectivity index (χ0n) is 16.0.